The number of carbonyl (C=O) groups is 1. The maximum absolute atomic E-state index is 13.3. The van der Waals surface area contributed by atoms with E-state index in [1.807, 2.05) is 37.3 Å². The van der Waals surface area contributed by atoms with Crippen molar-refractivity contribution in [1.29, 1.82) is 0 Å². The first-order valence-corrected chi connectivity index (χ1v) is 11.8. The van der Waals surface area contributed by atoms with Crippen LogP contribution in [-0.4, -0.2) is 26.6 Å². The van der Waals surface area contributed by atoms with Crippen molar-refractivity contribution in [3.05, 3.63) is 95.8 Å². The fraction of sp³-hybridized carbons (Fsp3) is 0.208. The Labute approximate surface area is 181 Å². The number of benzene rings is 3. The third-order valence-electron chi connectivity index (χ3n) is 5.52. The van der Waals surface area contributed by atoms with Crippen molar-refractivity contribution in [3.8, 4) is 0 Å². The fourth-order valence-electron chi connectivity index (χ4n) is 4.22. The zero-order valence-electron chi connectivity index (χ0n) is 17.3. The standard InChI is InChI=1S/C24H23FN2O3S/c1-17-16-23(27(31(2,29)30)20-8-4-3-5-9-20)21-10-6-7-11-22(21)26(17)24(28)18-12-14-19(25)15-13-18/h3-15,17,23H,16H2,1-2H3/t17-,23-/m0/s1. The predicted molar refractivity (Wildman–Crippen MR) is 120 cm³/mol. The molecule has 0 unspecified atom stereocenters. The third kappa shape index (κ3) is 4.05. The zero-order valence-corrected chi connectivity index (χ0v) is 18.1. The van der Waals surface area contributed by atoms with Crippen LogP contribution in [0.4, 0.5) is 15.8 Å². The lowest BCUT2D eigenvalue weighted by Gasteiger charge is -2.43. The summed E-state index contributed by atoms with van der Waals surface area (Å²) < 4.78 is 40.4. The number of sulfonamides is 1. The van der Waals surface area contributed by atoms with Gasteiger partial charge in [-0.2, -0.15) is 0 Å². The number of fused-ring (bicyclic) bond motifs is 1. The Bertz CT molecular complexity index is 1200. The zero-order chi connectivity index (χ0) is 22.2. The van der Waals surface area contributed by atoms with Gasteiger partial charge >= 0.3 is 0 Å². The van der Waals surface area contributed by atoms with Crippen LogP contribution >= 0.6 is 0 Å². The van der Waals surface area contributed by atoms with Crippen molar-refractivity contribution >= 4 is 27.3 Å². The summed E-state index contributed by atoms with van der Waals surface area (Å²) in [6, 6.07) is 21.0. The molecule has 0 saturated carbocycles. The van der Waals surface area contributed by atoms with Crippen LogP contribution in [0.15, 0.2) is 78.9 Å². The number of halogens is 1. The molecule has 0 spiro atoms. The average Bonchev–Trinajstić information content (AvgIpc) is 2.74. The van der Waals surface area contributed by atoms with E-state index < -0.39 is 21.9 Å². The molecule has 1 heterocycles. The summed E-state index contributed by atoms with van der Waals surface area (Å²) in [5.74, 6) is -0.653. The Kier molecular flexibility index (Phi) is 5.54. The van der Waals surface area contributed by atoms with E-state index in [9.17, 15) is 17.6 Å². The van der Waals surface area contributed by atoms with Gasteiger partial charge in [0.15, 0.2) is 0 Å². The van der Waals surface area contributed by atoms with E-state index in [0.717, 1.165) is 5.56 Å². The normalized spacial score (nSPS) is 18.4. The molecule has 1 amide bonds. The number of nitrogens with zero attached hydrogens (tertiary/aromatic N) is 2. The smallest absolute Gasteiger partial charge is 0.258 e. The average molecular weight is 439 g/mol. The molecule has 0 saturated heterocycles. The number of anilines is 2. The van der Waals surface area contributed by atoms with E-state index in [1.165, 1.54) is 34.8 Å². The molecule has 4 rings (SSSR count). The van der Waals surface area contributed by atoms with Gasteiger partial charge in [-0.05, 0) is 61.4 Å². The van der Waals surface area contributed by atoms with E-state index in [1.54, 1.807) is 29.2 Å². The minimum absolute atomic E-state index is 0.246. The van der Waals surface area contributed by atoms with Gasteiger partial charge in [-0.25, -0.2) is 12.8 Å². The molecular weight excluding hydrogens is 415 g/mol. The fourth-order valence-corrected chi connectivity index (χ4v) is 5.39. The van der Waals surface area contributed by atoms with Gasteiger partial charge in [0, 0.05) is 17.3 Å². The van der Waals surface area contributed by atoms with E-state index in [2.05, 4.69) is 0 Å². The van der Waals surface area contributed by atoms with Gasteiger partial charge in [0.05, 0.1) is 18.0 Å². The van der Waals surface area contributed by atoms with Crippen LogP contribution < -0.4 is 9.21 Å². The summed E-state index contributed by atoms with van der Waals surface area (Å²) in [6.07, 6.45) is 1.62. The Morgan fingerprint density at radius 3 is 2.23 bits per heavy atom. The van der Waals surface area contributed by atoms with Crippen molar-refractivity contribution in [2.45, 2.75) is 25.4 Å². The molecule has 2 atom stereocenters. The number of hydrogen-bond acceptors (Lipinski definition) is 3. The van der Waals surface area contributed by atoms with Crippen LogP contribution in [0.2, 0.25) is 0 Å². The SMILES string of the molecule is C[C@H]1C[C@H](N(c2ccccc2)S(C)(=O)=O)c2ccccc2N1C(=O)c1ccc(F)cc1. The molecule has 0 N–H and O–H groups in total. The Morgan fingerprint density at radius 1 is 0.968 bits per heavy atom. The van der Waals surface area contributed by atoms with E-state index >= 15 is 0 Å². The van der Waals surface area contributed by atoms with Gasteiger partial charge in [0.1, 0.15) is 5.82 Å². The number of rotatable bonds is 4. The van der Waals surface area contributed by atoms with Crippen LogP contribution in [-0.2, 0) is 10.0 Å². The maximum atomic E-state index is 13.3. The number of amides is 1. The van der Waals surface area contributed by atoms with E-state index in [4.69, 9.17) is 0 Å². The summed E-state index contributed by atoms with van der Waals surface area (Å²) in [6.45, 7) is 1.90. The molecule has 0 radical (unpaired) electrons. The minimum atomic E-state index is -3.59. The first-order chi connectivity index (χ1) is 14.8. The Morgan fingerprint density at radius 2 is 1.58 bits per heavy atom. The van der Waals surface area contributed by atoms with Crippen LogP contribution in [0, 0.1) is 5.82 Å². The topological polar surface area (TPSA) is 57.7 Å². The summed E-state index contributed by atoms with van der Waals surface area (Å²) in [5.41, 5.74) is 2.37. The molecule has 0 fully saturated rings. The summed E-state index contributed by atoms with van der Waals surface area (Å²) in [7, 11) is -3.59. The lowest BCUT2D eigenvalue weighted by molar-refractivity contribution is 0.0974. The largest absolute Gasteiger partial charge is 0.305 e. The van der Waals surface area contributed by atoms with Crippen molar-refractivity contribution in [2.75, 3.05) is 15.5 Å². The first-order valence-electron chi connectivity index (χ1n) is 10.00. The number of para-hydroxylation sites is 2. The summed E-state index contributed by atoms with van der Waals surface area (Å²) >= 11 is 0. The Balaban J connectivity index is 1.81. The van der Waals surface area contributed by atoms with Gasteiger partial charge < -0.3 is 4.90 Å². The highest BCUT2D eigenvalue weighted by molar-refractivity contribution is 7.92. The molecule has 0 bridgehead atoms. The lowest BCUT2D eigenvalue weighted by atomic mass is 9.90. The molecule has 3 aromatic rings. The van der Waals surface area contributed by atoms with Gasteiger partial charge in [-0.3, -0.25) is 9.10 Å². The van der Waals surface area contributed by atoms with Gasteiger partial charge in [-0.15, -0.1) is 0 Å². The quantitative estimate of drug-likeness (QED) is 0.590. The molecular formula is C24H23FN2O3S. The highest BCUT2D eigenvalue weighted by atomic mass is 32.2. The molecule has 1 aliphatic heterocycles. The minimum Gasteiger partial charge on any atom is -0.305 e. The monoisotopic (exact) mass is 438 g/mol. The predicted octanol–water partition coefficient (Wildman–Crippen LogP) is 4.77. The summed E-state index contributed by atoms with van der Waals surface area (Å²) in [4.78, 5) is 15.0. The van der Waals surface area contributed by atoms with E-state index in [0.29, 0.717) is 23.4 Å². The number of carbonyl (C=O) groups excluding carboxylic acids is 1. The van der Waals surface area contributed by atoms with Crippen LogP contribution in [0.1, 0.15) is 35.3 Å². The van der Waals surface area contributed by atoms with Crippen molar-refractivity contribution < 1.29 is 17.6 Å². The van der Waals surface area contributed by atoms with Gasteiger partial charge in [0.2, 0.25) is 10.0 Å². The van der Waals surface area contributed by atoms with Gasteiger partial charge in [-0.1, -0.05) is 36.4 Å². The molecule has 1 aliphatic rings. The first kappa shape index (κ1) is 21.1. The van der Waals surface area contributed by atoms with Crippen LogP contribution in [0.25, 0.3) is 0 Å². The molecule has 31 heavy (non-hydrogen) atoms. The molecule has 5 nitrogen and oxygen atoms in total. The van der Waals surface area contributed by atoms with Gasteiger partial charge in [0.25, 0.3) is 5.91 Å². The molecule has 3 aromatic carbocycles. The Hall–Kier alpha value is -3.19. The lowest BCUT2D eigenvalue weighted by Crippen LogP contribution is -2.47. The maximum Gasteiger partial charge on any atom is 0.258 e. The van der Waals surface area contributed by atoms with Crippen LogP contribution in [0.5, 0.6) is 0 Å². The second-order valence-corrected chi connectivity index (χ2v) is 9.60. The molecule has 160 valence electrons. The molecule has 0 aliphatic carbocycles. The van der Waals surface area contributed by atoms with Crippen LogP contribution in [0.3, 0.4) is 0 Å². The second-order valence-electron chi connectivity index (χ2n) is 7.74. The van der Waals surface area contributed by atoms with Crippen molar-refractivity contribution in [1.82, 2.24) is 0 Å². The second kappa shape index (κ2) is 8.15. The van der Waals surface area contributed by atoms with Crippen molar-refractivity contribution in [2.24, 2.45) is 0 Å². The number of hydrogen-bond donors (Lipinski definition) is 0. The highest BCUT2D eigenvalue weighted by Gasteiger charge is 2.39. The third-order valence-corrected chi connectivity index (χ3v) is 6.70. The summed E-state index contributed by atoms with van der Waals surface area (Å²) in [5, 5.41) is 0. The molecule has 7 heteroatoms. The molecule has 0 aromatic heterocycles. The van der Waals surface area contributed by atoms with E-state index in [-0.39, 0.29) is 11.9 Å². The van der Waals surface area contributed by atoms with Crippen molar-refractivity contribution in [3.63, 3.8) is 0 Å². The highest BCUT2D eigenvalue weighted by Crippen LogP contribution is 2.43.